The standard InChI is InChI=1S/C15H28N2O2/c1-14(2,3)12(18)16(6)11-8-15(4,5)13(19)17-9-7-10-17/h7-11H2,1-6H3. The Balaban J connectivity index is 2.50. The molecule has 1 saturated heterocycles. The van der Waals surface area contributed by atoms with Gasteiger partial charge in [0, 0.05) is 37.5 Å². The second-order valence-corrected chi connectivity index (χ2v) is 7.26. The Morgan fingerprint density at radius 3 is 2.00 bits per heavy atom. The smallest absolute Gasteiger partial charge is 0.228 e. The highest BCUT2D eigenvalue weighted by atomic mass is 16.2. The first-order valence-corrected chi connectivity index (χ1v) is 7.10. The third-order valence-electron chi connectivity index (χ3n) is 3.78. The summed E-state index contributed by atoms with van der Waals surface area (Å²) < 4.78 is 0. The average Bonchev–Trinajstić information content (AvgIpc) is 2.21. The Kier molecular flexibility index (Phi) is 4.64. The van der Waals surface area contributed by atoms with Crippen LogP contribution in [0, 0.1) is 10.8 Å². The van der Waals surface area contributed by atoms with Crippen molar-refractivity contribution in [2.45, 2.75) is 47.5 Å². The number of carbonyl (C=O) groups is 2. The summed E-state index contributed by atoms with van der Waals surface area (Å²) in [5.74, 6) is 0.343. The molecule has 0 unspecified atom stereocenters. The molecule has 0 aromatic rings. The normalized spacial score (nSPS) is 16.0. The van der Waals surface area contributed by atoms with Gasteiger partial charge < -0.3 is 9.80 Å². The molecule has 1 heterocycles. The monoisotopic (exact) mass is 268 g/mol. The molecule has 4 heteroatoms. The third-order valence-corrected chi connectivity index (χ3v) is 3.78. The van der Waals surface area contributed by atoms with Crippen LogP contribution in [0.25, 0.3) is 0 Å². The van der Waals surface area contributed by atoms with E-state index in [1.54, 1.807) is 4.90 Å². The van der Waals surface area contributed by atoms with E-state index in [0.717, 1.165) is 19.5 Å². The van der Waals surface area contributed by atoms with Crippen LogP contribution in [0.2, 0.25) is 0 Å². The zero-order chi connectivity index (χ0) is 14.8. The van der Waals surface area contributed by atoms with Gasteiger partial charge in [-0.05, 0) is 12.8 Å². The molecule has 2 amide bonds. The summed E-state index contributed by atoms with van der Waals surface area (Å²) >= 11 is 0. The van der Waals surface area contributed by atoms with E-state index in [1.807, 2.05) is 46.6 Å². The van der Waals surface area contributed by atoms with Crippen molar-refractivity contribution < 1.29 is 9.59 Å². The van der Waals surface area contributed by atoms with Crippen LogP contribution in [-0.2, 0) is 9.59 Å². The third kappa shape index (κ3) is 3.95. The minimum absolute atomic E-state index is 0.125. The molecule has 0 saturated carbocycles. The first kappa shape index (κ1) is 16.0. The first-order chi connectivity index (χ1) is 8.55. The summed E-state index contributed by atoms with van der Waals surface area (Å²) in [6.45, 7) is 12.1. The minimum atomic E-state index is -0.382. The predicted octanol–water partition coefficient (Wildman–Crippen LogP) is 2.14. The number of hydrogen-bond donors (Lipinski definition) is 0. The molecule has 1 aliphatic rings. The topological polar surface area (TPSA) is 40.6 Å². The van der Waals surface area contributed by atoms with Gasteiger partial charge in [-0.1, -0.05) is 34.6 Å². The van der Waals surface area contributed by atoms with Crippen molar-refractivity contribution >= 4 is 11.8 Å². The number of hydrogen-bond acceptors (Lipinski definition) is 2. The van der Waals surface area contributed by atoms with E-state index >= 15 is 0 Å². The van der Waals surface area contributed by atoms with Crippen LogP contribution >= 0.6 is 0 Å². The SMILES string of the molecule is CN(CCC(C)(C)C(=O)N1CCC1)C(=O)C(C)(C)C. The van der Waals surface area contributed by atoms with Crippen LogP contribution in [0.3, 0.4) is 0 Å². The lowest BCUT2D eigenvalue weighted by atomic mass is 9.86. The van der Waals surface area contributed by atoms with Crippen molar-refractivity contribution in [2.75, 3.05) is 26.7 Å². The maximum absolute atomic E-state index is 12.2. The molecule has 1 aliphatic heterocycles. The van der Waals surface area contributed by atoms with Crippen molar-refractivity contribution in [3.63, 3.8) is 0 Å². The van der Waals surface area contributed by atoms with Crippen LogP contribution < -0.4 is 0 Å². The van der Waals surface area contributed by atoms with Crippen molar-refractivity contribution in [3.05, 3.63) is 0 Å². The summed E-state index contributed by atoms with van der Waals surface area (Å²) in [4.78, 5) is 28.0. The molecule has 0 N–H and O–H groups in total. The summed E-state index contributed by atoms with van der Waals surface area (Å²) in [7, 11) is 1.82. The minimum Gasteiger partial charge on any atom is -0.345 e. The fraction of sp³-hybridized carbons (Fsp3) is 0.867. The quantitative estimate of drug-likeness (QED) is 0.784. The molecule has 0 aromatic heterocycles. The number of nitrogens with zero attached hydrogens (tertiary/aromatic N) is 2. The summed E-state index contributed by atoms with van der Waals surface area (Å²) in [5.41, 5.74) is -0.743. The van der Waals surface area contributed by atoms with E-state index in [-0.39, 0.29) is 22.6 Å². The molecule has 0 radical (unpaired) electrons. The molecule has 0 aliphatic carbocycles. The second-order valence-electron chi connectivity index (χ2n) is 7.26. The molecule has 0 bridgehead atoms. The molecule has 0 spiro atoms. The molecular formula is C15H28N2O2. The van der Waals surface area contributed by atoms with Gasteiger partial charge in [0.2, 0.25) is 11.8 Å². The van der Waals surface area contributed by atoms with Gasteiger partial charge in [-0.15, -0.1) is 0 Å². The van der Waals surface area contributed by atoms with E-state index in [1.165, 1.54) is 0 Å². The van der Waals surface area contributed by atoms with Crippen LogP contribution in [-0.4, -0.2) is 48.3 Å². The molecule has 1 rings (SSSR count). The van der Waals surface area contributed by atoms with Crippen molar-refractivity contribution in [1.29, 1.82) is 0 Å². The second kappa shape index (κ2) is 5.51. The Bertz CT molecular complexity index is 352. The number of rotatable bonds is 4. The van der Waals surface area contributed by atoms with Crippen molar-refractivity contribution in [3.8, 4) is 0 Å². The zero-order valence-corrected chi connectivity index (χ0v) is 13.2. The highest BCUT2D eigenvalue weighted by Crippen LogP contribution is 2.27. The first-order valence-electron chi connectivity index (χ1n) is 7.10. The van der Waals surface area contributed by atoms with E-state index < -0.39 is 0 Å². The van der Waals surface area contributed by atoms with Crippen LogP contribution in [0.15, 0.2) is 0 Å². The maximum Gasteiger partial charge on any atom is 0.228 e. The Labute approximate surface area is 117 Å². The largest absolute Gasteiger partial charge is 0.345 e. The lowest BCUT2D eigenvalue weighted by molar-refractivity contribution is -0.146. The Hall–Kier alpha value is -1.06. The van der Waals surface area contributed by atoms with Gasteiger partial charge in [-0.3, -0.25) is 9.59 Å². The maximum atomic E-state index is 12.2. The number of amides is 2. The number of likely N-dealkylation sites (tertiary alicyclic amines) is 1. The molecule has 4 nitrogen and oxygen atoms in total. The van der Waals surface area contributed by atoms with E-state index in [4.69, 9.17) is 0 Å². The zero-order valence-electron chi connectivity index (χ0n) is 13.2. The van der Waals surface area contributed by atoms with E-state index in [9.17, 15) is 9.59 Å². The predicted molar refractivity (Wildman–Crippen MR) is 76.7 cm³/mol. The Morgan fingerprint density at radius 2 is 1.63 bits per heavy atom. The van der Waals surface area contributed by atoms with Crippen LogP contribution in [0.5, 0.6) is 0 Å². The summed E-state index contributed by atoms with van der Waals surface area (Å²) in [6.07, 6.45) is 1.82. The van der Waals surface area contributed by atoms with E-state index in [0.29, 0.717) is 13.0 Å². The lowest BCUT2D eigenvalue weighted by Gasteiger charge is -2.38. The van der Waals surface area contributed by atoms with Gasteiger partial charge in [-0.25, -0.2) is 0 Å². The van der Waals surface area contributed by atoms with Gasteiger partial charge in [-0.2, -0.15) is 0 Å². The molecule has 1 fully saturated rings. The van der Waals surface area contributed by atoms with Gasteiger partial charge in [0.25, 0.3) is 0 Å². The molecule has 0 atom stereocenters. The number of carbonyl (C=O) groups excluding carboxylic acids is 2. The van der Waals surface area contributed by atoms with Crippen molar-refractivity contribution in [1.82, 2.24) is 9.80 Å². The van der Waals surface area contributed by atoms with Gasteiger partial charge in [0.15, 0.2) is 0 Å². The van der Waals surface area contributed by atoms with Crippen molar-refractivity contribution in [2.24, 2.45) is 10.8 Å². The fourth-order valence-corrected chi connectivity index (χ4v) is 2.18. The fourth-order valence-electron chi connectivity index (χ4n) is 2.18. The van der Waals surface area contributed by atoms with Crippen LogP contribution in [0.4, 0.5) is 0 Å². The molecule has 0 aromatic carbocycles. The lowest BCUT2D eigenvalue weighted by Crippen LogP contribution is -2.49. The Morgan fingerprint density at radius 1 is 1.11 bits per heavy atom. The van der Waals surface area contributed by atoms with E-state index in [2.05, 4.69) is 0 Å². The van der Waals surface area contributed by atoms with Gasteiger partial charge >= 0.3 is 0 Å². The highest BCUT2D eigenvalue weighted by Gasteiger charge is 2.35. The molecule has 110 valence electrons. The van der Waals surface area contributed by atoms with Crippen LogP contribution in [0.1, 0.15) is 47.5 Å². The van der Waals surface area contributed by atoms with Gasteiger partial charge in [0.1, 0.15) is 0 Å². The average molecular weight is 268 g/mol. The summed E-state index contributed by atoms with van der Waals surface area (Å²) in [5, 5.41) is 0. The van der Waals surface area contributed by atoms with Gasteiger partial charge in [0.05, 0.1) is 0 Å². The summed E-state index contributed by atoms with van der Waals surface area (Å²) in [6, 6.07) is 0. The molecular weight excluding hydrogens is 240 g/mol. The highest BCUT2D eigenvalue weighted by molar-refractivity contribution is 5.83. The molecule has 19 heavy (non-hydrogen) atoms.